The minimum atomic E-state index is 0.132. The lowest BCUT2D eigenvalue weighted by molar-refractivity contribution is -0.129. The Bertz CT molecular complexity index is 243. The molecule has 0 spiro atoms. The maximum atomic E-state index is 12.0. The second-order valence-electron chi connectivity index (χ2n) is 4.81. The van der Waals surface area contributed by atoms with Gasteiger partial charge >= 0.3 is 0 Å². The summed E-state index contributed by atoms with van der Waals surface area (Å²) in [6.45, 7) is 1.92. The zero-order chi connectivity index (χ0) is 11.4. The smallest absolute Gasteiger partial charge is 0.239 e. The SMILES string of the molecule is CSCCCCN1CCC(NC2CC2)C1=O. The van der Waals surface area contributed by atoms with E-state index in [1.165, 1.54) is 25.0 Å². The Morgan fingerprint density at radius 2 is 2.19 bits per heavy atom. The number of hydrogen-bond donors (Lipinski definition) is 1. The highest BCUT2D eigenvalue weighted by atomic mass is 32.2. The van der Waals surface area contributed by atoms with E-state index in [4.69, 9.17) is 0 Å². The van der Waals surface area contributed by atoms with E-state index in [-0.39, 0.29) is 6.04 Å². The first-order valence-corrected chi connectivity index (χ1v) is 7.74. The summed E-state index contributed by atoms with van der Waals surface area (Å²) in [5.41, 5.74) is 0. The molecule has 2 rings (SSSR count). The maximum Gasteiger partial charge on any atom is 0.239 e. The van der Waals surface area contributed by atoms with E-state index >= 15 is 0 Å². The van der Waals surface area contributed by atoms with Gasteiger partial charge in [0, 0.05) is 19.1 Å². The fraction of sp³-hybridized carbons (Fsp3) is 0.917. The Labute approximate surface area is 102 Å². The Hall–Kier alpha value is -0.220. The van der Waals surface area contributed by atoms with Crippen LogP contribution >= 0.6 is 11.8 Å². The average Bonchev–Trinajstić information content (AvgIpc) is 3.03. The van der Waals surface area contributed by atoms with Gasteiger partial charge in [-0.2, -0.15) is 11.8 Å². The van der Waals surface area contributed by atoms with E-state index in [0.29, 0.717) is 11.9 Å². The quantitative estimate of drug-likeness (QED) is 0.686. The lowest BCUT2D eigenvalue weighted by Crippen LogP contribution is -2.39. The molecule has 3 nitrogen and oxygen atoms in total. The molecule has 0 radical (unpaired) electrons. The van der Waals surface area contributed by atoms with E-state index in [0.717, 1.165) is 25.9 Å². The Morgan fingerprint density at radius 1 is 1.38 bits per heavy atom. The van der Waals surface area contributed by atoms with Crippen molar-refractivity contribution in [3.8, 4) is 0 Å². The van der Waals surface area contributed by atoms with Crippen LogP contribution in [0.1, 0.15) is 32.1 Å². The Morgan fingerprint density at radius 3 is 2.88 bits per heavy atom. The second-order valence-corrected chi connectivity index (χ2v) is 5.79. The molecule has 1 N–H and O–H groups in total. The standard InChI is InChI=1S/C12H22N2OS/c1-16-9-3-2-7-14-8-6-11(12(14)15)13-10-4-5-10/h10-11,13H,2-9H2,1H3. The van der Waals surface area contributed by atoms with Crippen LogP contribution in [0.5, 0.6) is 0 Å². The first kappa shape index (κ1) is 12.2. The summed E-state index contributed by atoms with van der Waals surface area (Å²) in [4.78, 5) is 14.0. The Balaban J connectivity index is 1.65. The number of carbonyl (C=O) groups excluding carboxylic acids is 1. The molecule has 1 amide bonds. The second kappa shape index (κ2) is 5.92. The average molecular weight is 242 g/mol. The molecular weight excluding hydrogens is 220 g/mol. The van der Waals surface area contributed by atoms with E-state index in [2.05, 4.69) is 11.6 Å². The van der Waals surface area contributed by atoms with Crippen LogP contribution in [0.15, 0.2) is 0 Å². The van der Waals surface area contributed by atoms with Gasteiger partial charge in [0.1, 0.15) is 0 Å². The van der Waals surface area contributed by atoms with E-state index in [1.54, 1.807) is 0 Å². The maximum absolute atomic E-state index is 12.0. The van der Waals surface area contributed by atoms with Gasteiger partial charge in [-0.25, -0.2) is 0 Å². The summed E-state index contributed by atoms with van der Waals surface area (Å²) in [6.07, 6.45) is 8.05. The number of nitrogens with one attached hydrogen (secondary N) is 1. The first-order valence-electron chi connectivity index (χ1n) is 6.35. The molecule has 0 bridgehead atoms. The number of rotatable bonds is 7. The normalized spacial score (nSPS) is 25.4. The number of likely N-dealkylation sites (tertiary alicyclic amines) is 1. The number of nitrogens with zero attached hydrogens (tertiary/aromatic N) is 1. The van der Waals surface area contributed by atoms with Gasteiger partial charge in [-0.3, -0.25) is 4.79 Å². The molecule has 1 aliphatic carbocycles. The van der Waals surface area contributed by atoms with Crippen LogP contribution in [0.4, 0.5) is 0 Å². The van der Waals surface area contributed by atoms with Gasteiger partial charge < -0.3 is 10.2 Å². The highest BCUT2D eigenvalue weighted by Crippen LogP contribution is 2.22. The van der Waals surface area contributed by atoms with Crippen molar-refractivity contribution in [2.45, 2.75) is 44.2 Å². The van der Waals surface area contributed by atoms with Crippen molar-refractivity contribution in [2.75, 3.05) is 25.1 Å². The molecule has 2 fully saturated rings. The molecule has 1 aliphatic heterocycles. The predicted molar refractivity (Wildman–Crippen MR) is 68.8 cm³/mol. The van der Waals surface area contributed by atoms with Crippen molar-refractivity contribution >= 4 is 17.7 Å². The molecule has 1 atom stereocenters. The molecule has 92 valence electrons. The molecule has 0 aromatic heterocycles. The number of carbonyl (C=O) groups is 1. The third-order valence-electron chi connectivity index (χ3n) is 3.34. The van der Waals surface area contributed by atoms with Gasteiger partial charge in [-0.15, -0.1) is 0 Å². The van der Waals surface area contributed by atoms with Gasteiger partial charge in [0.2, 0.25) is 5.91 Å². The molecule has 4 heteroatoms. The van der Waals surface area contributed by atoms with Gasteiger partial charge in [0.25, 0.3) is 0 Å². The van der Waals surface area contributed by atoms with Crippen LogP contribution < -0.4 is 5.32 Å². The van der Waals surface area contributed by atoms with Crippen molar-refractivity contribution in [1.29, 1.82) is 0 Å². The van der Waals surface area contributed by atoms with Crippen LogP contribution in [-0.2, 0) is 4.79 Å². The molecule has 0 aromatic carbocycles. The van der Waals surface area contributed by atoms with Crippen molar-refractivity contribution in [1.82, 2.24) is 10.2 Å². The number of unbranched alkanes of at least 4 members (excludes halogenated alkanes) is 1. The third-order valence-corrected chi connectivity index (χ3v) is 4.04. The molecule has 1 saturated carbocycles. The topological polar surface area (TPSA) is 32.3 Å². The zero-order valence-electron chi connectivity index (χ0n) is 10.1. The lowest BCUT2D eigenvalue weighted by atomic mass is 10.2. The van der Waals surface area contributed by atoms with E-state index in [1.807, 2.05) is 16.7 Å². The first-order chi connectivity index (χ1) is 7.81. The summed E-state index contributed by atoms with van der Waals surface area (Å²) in [5, 5.41) is 3.44. The van der Waals surface area contributed by atoms with Crippen molar-refractivity contribution in [3.05, 3.63) is 0 Å². The number of thioether (sulfide) groups is 1. The van der Waals surface area contributed by atoms with Gasteiger partial charge in [-0.05, 0) is 44.1 Å². The minimum absolute atomic E-state index is 0.132. The zero-order valence-corrected chi connectivity index (χ0v) is 10.9. The lowest BCUT2D eigenvalue weighted by Gasteiger charge is -2.16. The van der Waals surface area contributed by atoms with Crippen LogP contribution in [0.3, 0.4) is 0 Å². The minimum Gasteiger partial charge on any atom is -0.341 e. The Kier molecular flexibility index (Phi) is 4.53. The number of amides is 1. The fourth-order valence-corrected chi connectivity index (χ4v) is 2.69. The van der Waals surface area contributed by atoms with E-state index in [9.17, 15) is 4.79 Å². The molecule has 1 unspecified atom stereocenters. The van der Waals surface area contributed by atoms with Gasteiger partial charge in [0.05, 0.1) is 6.04 Å². The molecule has 2 aliphatic rings. The van der Waals surface area contributed by atoms with Gasteiger partial charge in [0.15, 0.2) is 0 Å². The molecular formula is C12H22N2OS. The summed E-state index contributed by atoms with van der Waals surface area (Å²) in [7, 11) is 0. The van der Waals surface area contributed by atoms with Crippen LogP contribution in [0, 0.1) is 0 Å². The molecule has 16 heavy (non-hydrogen) atoms. The summed E-state index contributed by atoms with van der Waals surface area (Å²) in [6, 6.07) is 0.776. The van der Waals surface area contributed by atoms with E-state index < -0.39 is 0 Å². The van der Waals surface area contributed by atoms with Crippen molar-refractivity contribution in [2.24, 2.45) is 0 Å². The van der Waals surface area contributed by atoms with Crippen LogP contribution in [-0.4, -0.2) is 48.0 Å². The molecule has 1 saturated heterocycles. The largest absolute Gasteiger partial charge is 0.341 e. The van der Waals surface area contributed by atoms with Crippen molar-refractivity contribution in [3.63, 3.8) is 0 Å². The molecule has 0 aromatic rings. The predicted octanol–water partition coefficient (Wildman–Crippen LogP) is 1.48. The van der Waals surface area contributed by atoms with Gasteiger partial charge in [-0.1, -0.05) is 0 Å². The highest BCUT2D eigenvalue weighted by Gasteiger charge is 2.34. The summed E-state index contributed by atoms with van der Waals surface area (Å²) in [5.74, 6) is 1.56. The summed E-state index contributed by atoms with van der Waals surface area (Å²) < 4.78 is 0. The third kappa shape index (κ3) is 3.39. The van der Waals surface area contributed by atoms with Crippen LogP contribution in [0.25, 0.3) is 0 Å². The highest BCUT2D eigenvalue weighted by molar-refractivity contribution is 7.98. The monoisotopic (exact) mass is 242 g/mol. The fourth-order valence-electron chi connectivity index (χ4n) is 2.20. The van der Waals surface area contributed by atoms with Crippen molar-refractivity contribution < 1.29 is 4.79 Å². The summed E-state index contributed by atoms with van der Waals surface area (Å²) >= 11 is 1.89. The van der Waals surface area contributed by atoms with Crippen LogP contribution in [0.2, 0.25) is 0 Å². The number of hydrogen-bond acceptors (Lipinski definition) is 3. The molecule has 1 heterocycles.